The maximum atomic E-state index is 8.97. The molecule has 1 aromatic heterocycles. The Bertz CT molecular complexity index is 342. The highest BCUT2D eigenvalue weighted by Crippen LogP contribution is 1.99. The van der Waals surface area contributed by atoms with E-state index < -0.39 is 0 Å². The lowest BCUT2D eigenvalue weighted by atomic mass is 10.8. The Balaban J connectivity index is 3.31. The molecule has 0 fully saturated rings. The van der Waals surface area contributed by atoms with Gasteiger partial charge in [0, 0.05) is 14.1 Å². The second kappa shape index (κ2) is 2.68. The highest BCUT2D eigenvalue weighted by molar-refractivity contribution is 5.30. The van der Waals surface area contributed by atoms with Gasteiger partial charge in [-0.05, 0) is 0 Å². The fourth-order valence-corrected chi connectivity index (χ4v) is 0.625. The first-order valence-electron chi connectivity index (χ1n) is 3.20. The van der Waals surface area contributed by atoms with E-state index in [4.69, 9.17) is 16.4 Å². The van der Waals surface area contributed by atoms with Crippen molar-refractivity contribution in [2.45, 2.75) is 0 Å². The van der Waals surface area contributed by atoms with Crippen LogP contribution in [0, 0.1) is 5.41 Å². The summed E-state index contributed by atoms with van der Waals surface area (Å²) in [6, 6.07) is 0. The number of hydrogen-bond donors (Lipinski definition) is 3. The fraction of sp³-hybridized carbons (Fsp3) is 0.400. The van der Waals surface area contributed by atoms with E-state index in [9.17, 15) is 0 Å². The van der Waals surface area contributed by atoms with Crippen molar-refractivity contribution in [2.75, 3.05) is 24.7 Å². The summed E-state index contributed by atoms with van der Waals surface area (Å²) in [5.74, 6) is 0.140. The van der Waals surface area contributed by atoms with Crippen molar-refractivity contribution in [2.24, 2.45) is 0 Å². The lowest BCUT2D eigenvalue weighted by Crippen LogP contribution is -2.28. The van der Waals surface area contributed by atoms with Crippen LogP contribution in [0.2, 0.25) is 0 Å². The van der Waals surface area contributed by atoms with Gasteiger partial charge in [0.25, 0.3) is 5.62 Å². The number of nitrogens with zero attached hydrogens (tertiary/aromatic N) is 4. The van der Waals surface area contributed by atoms with E-state index in [-0.39, 0.29) is 11.6 Å². The summed E-state index contributed by atoms with van der Waals surface area (Å²) < 4.78 is 0.410. The number of hydrogen-bond acceptors (Lipinski definition) is 6. The monoisotopic (exact) mass is 170 g/mol. The Morgan fingerprint density at radius 3 is 2.50 bits per heavy atom. The van der Waals surface area contributed by atoms with Crippen molar-refractivity contribution in [3.8, 4) is 0 Å². The highest BCUT2D eigenvalue weighted by Gasteiger charge is 2.04. The minimum Gasteiger partial charge on any atom is -0.422 e. The maximum absolute atomic E-state index is 8.97. The summed E-state index contributed by atoms with van der Waals surface area (Å²) in [5.41, 5.74) is 4.93. The van der Waals surface area contributed by atoms with Crippen LogP contribution < -0.4 is 16.3 Å². The van der Waals surface area contributed by atoms with Crippen LogP contribution in [0.5, 0.6) is 0 Å². The molecule has 1 aromatic rings. The predicted octanol–water partition coefficient (Wildman–Crippen LogP) is -1.36. The molecule has 0 aliphatic heterocycles. The van der Waals surface area contributed by atoms with Gasteiger partial charge >= 0.3 is 0 Å². The molecule has 1 rings (SSSR count). The molecule has 0 aliphatic carbocycles. The summed E-state index contributed by atoms with van der Waals surface area (Å²) in [6.07, 6.45) is 0. The minimum atomic E-state index is -0.341. The minimum absolute atomic E-state index is 0.154. The molecule has 0 saturated carbocycles. The summed E-state index contributed by atoms with van der Waals surface area (Å²) in [5, 5.41) is 16.1. The van der Waals surface area contributed by atoms with Crippen LogP contribution in [0.4, 0.5) is 11.9 Å². The van der Waals surface area contributed by atoms with E-state index in [2.05, 4.69) is 9.97 Å². The maximum Gasteiger partial charge on any atom is 0.262 e. The van der Waals surface area contributed by atoms with Crippen molar-refractivity contribution in [1.82, 2.24) is 14.7 Å². The first-order chi connectivity index (χ1) is 5.52. The van der Waals surface area contributed by atoms with Crippen LogP contribution in [0.1, 0.15) is 0 Å². The second-order valence-corrected chi connectivity index (χ2v) is 2.41. The quantitative estimate of drug-likeness (QED) is 0.452. The number of nitrogens with two attached hydrogens (primary N) is 1. The van der Waals surface area contributed by atoms with E-state index in [1.165, 1.54) is 0 Å². The standard InChI is InChI=1S/C5H10N6O/c1-10(2)5-8-3(6)11(12)4(7)9-5/h12H,1-2H3,(H3,6,7,8,9). The first-order valence-corrected chi connectivity index (χ1v) is 3.20. The predicted molar refractivity (Wildman–Crippen MR) is 41.8 cm³/mol. The fourth-order valence-electron chi connectivity index (χ4n) is 0.625. The molecular formula is C5H10N6O. The van der Waals surface area contributed by atoms with Gasteiger partial charge in [0.05, 0.1) is 0 Å². The van der Waals surface area contributed by atoms with Crippen LogP contribution in [0.25, 0.3) is 0 Å². The average Bonchev–Trinajstić information content (AvgIpc) is 1.99. The normalized spacial score (nSPS) is 9.83. The lowest BCUT2D eigenvalue weighted by Gasteiger charge is -2.10. The van der Waals surface area contributed by atoms with Crippen LogP contribution in [0.3, 0.4) is 0 Å². The molecule has 1 heterocycles. The van der Waals surface area contributed by atoms with Gasteiger partial charge in [-0.3, -0.25) is 5.41 Å². The zero-order valence-corrected chi connectivity index (χ0v) is 6.81. The Morgan fingerprint density at radius 2 is 2.08 bits per heavy atom. The molecule has 7 nitrogen and oxygen atoms in total. The smallest absolute Gasteiger partial charge is 0.262 e. The molecule has 0 unspecified atom stereocenters. The lowest BCUT2D eigenvalue weighted by molar-refractivity contribution is 0.168. The van der Waals surface area contributed by atoms with Gasteiger partial charge in [-0.2, -0.15) is 9.97 Å². The van der Waals surface area contributed by atoms with Crippen molar-refractivity contribution < 1.29 is 5.21 Å². The average molecular weight is 170 g/mol. The molecule has 0 atom stereocenters. The number of nitrogens with one attached hydrogen (secondary N) is 1. The van der Waals surface area contributed by atoms with Gasteiger partial charge in [-0.1, -0.05) is 0 Å². The highest BCUT2D eigenvalue weighted by atomic mass is 16.5. The molecule has 12 heavy (non-hydrogen) atoms. The Labute approximate surface area is 68.6 Å². The molecular weight excluding hydrogens is 160 g/mol. The first kappa shape index (κ1) is 8.31. The second-order valence-electron chi connectivity index (χ2n) is 2.41. The Kier molecular flexibility index (Phi) is 1.86. The third-order valence-electron chi connectivity index (χ3n) is 1.24. The number of aromatic nitrogens is 3. The molecule has 0 amide bonds. The van der Waals surface area contributed by atoms with Crippen LogP contribution >= 0.6 is 0 Å². The summed E-state index contributed by atoms with van der Waals surface area (Å²) >= 11 is 0. The van der Waals surface area contributed by atoms with Crippen molar-refractivity contribution in [3.63, 3.8) is 0 Å². The van der Waals surface area contributed by atoms with E-state index >= 15 is 0 Å². The van der Waals surface area contributed by atoms with E-state index in [0.29, 0.717) is 10.7 Å². The van der Waals surface area contributed by atoms with Crippen LogP contribution in [0.15, 0.2) is 0 Å². The van der Waals surface area contributed by atoms with Gasteiger partial charge in [0.1, 0.15) is 0 Å². The molecule has 0 aromatic carbocycles. The molecule has 66 valence electrons. The topological polar surface area (TPSA) is 104 Å². The number of rotatable bonds is 1. The van der Waals surface area contributed by atoms with Gasteiger partial charge in [-0.25, -0.2) is 0 Å². The Hall–Kier alpha value is -1.79. The summed E-state index contributed by atoms with van der Waals surface area (Å²) in [7, 11) is 3.44. The van der Waals surface area contributed by atoms with Gasteiger partial charge < -0.3 is 15.8 Å². The zero-order chi connectivity index (χ0) is 9.30. The van der Waals surface area contributed by atoms with Gasteiger partial charge in [0.15, 0.2) is 0 Å². The van der Waals surface area contributed by atoms with Crippen molar-refractivity contribution >= 4 is 11.9 Å². The summed E-state index contributed by atoms with van der Waals surface area (Å²) in [6.45, 7) is 0. The number of nitrogen functional groups attached to an aromatic ring is 1. The third kappa shape index (κ3) is 1.29. The van der Waals surface area contributed by atoms with Crippen LogP contribution in [-0.4, -0.2) is 34.0 Å². The van der Waals surface area contributed by atoms with Crippen molar-refractivity contribution in [3.05, 3.63) is 5.62 Å². The zero-order valence-electron chi connectivity index (χ0n) is 6.81. The molecule has 4 N–H and O–H groups in total. The molecule has 0 spiro atoms. The molecule has 7 heteroatoms. The number of anilines is 2. The van der Waals surface area contributed by atoms with Crippen molar-refractivity contribution in [1.29, 1.82) is 5.41 Å². The van der Waals surface area contributed by atoms with E-state index in [1.807, 2.05) is 0 Å². The van der Waals surface area contributed by atoms with Gasteiger partial charge in [-0.15, -0.1) is 4.73 Å². The summed E-state index contributed by atoms with van der Waals surface area (Å²) in [4.78, 5) is 8.96. The Morgan fingerprint density at radius 1 is 1.50 bits per heavy atom. The molecule has 0 radical (unpaired) electrons. The third-order valence-corrected chi connectivity index (χ3v) is 1.24. The van der Waals surface area contributed by atoms with E-state index in [1.54, 1.807) is 19.0 Å². The van der Waals surface area contributed by atoms with Crippen LogP contribution in [-0.2, 0) is 0 Å². The molecule has 0 saturated heterocycles. The SMILES string of the molecule is CN(C)c1nc(N)n(O)c(=N)n1. The largest absolute Gasteiger partial charge is 0.422 e. The van der Waals surface area contributed by atoms with E-state index in [0.717, 1.165) is 0 Å². The molecule has 0 bridgehead atoms. The molecule has 0 aliphatic rings. The van der Waals surface area contributed by atoms with Gasteiger partial charge in [0.2, 0.25) is 11.9 Å².